The molecule has 0 aliphatic carbocycles. The molecule has 1 aromatic heterocycles. The molecule has 0 unspecified atom stereocenters. The second-order valence-corrected chi connectivity index (χ2v) is 1.99. The zero-order valence-electron chi connectivity index (χ0n) is 5.83. The molecule has 1 rings (SSSR count). The number of amides is 1. The molecule has 0 spiro atoms. The van der Waals surface area contributed by atoms with E-state index in [2.05, 4.69) is 5.10 Å². The van der Waals surface area contributed by atoms with Crippen molar-refractivity contribution in [3.63, 3.8) is 0 Å². The van der Waals surface area contributed by atoms with E-state index < -0.39 is 12.6 Å². The second-order valence-electron chi connectivity index (χ2n) is 1.99. The molecule has 0 fully saturated rings. The zero-order valence-corrected chi connectivity index (χ0v) is 5.83. The van der Waals surface area contributed by atoms with Crippen LogP contribution in [0.3, 0.4) is 0 Å². The Morgan fingerprint density at radius 1 is 1.82 bits per heavy atom. The Bertz CT molecular complexity index is 258. The molecule has 0 bridgehead atoms. The highest BCUT2D eigenvalue weighted by molar-refractivity contribution is 5.90. The molecule has 1 aromatic rings. The number of alkyl halides is 1. The average Bonchev–Trinajstić information content (AvgIpc) is 2.36. The Kier molecular flexibility index (Phi) is 2.20. The fourth-order valence-corrected chi connectivity index (χ4v) is 0.800. The normalized spacial score (nSPS) is 9.91. The first-order valence-electron chi connectivity index (χ1n) is 3.13. The van der Waals surface area contributed by atoms with Gasteiger partial charge in [-0.15, -0.1) is 0 Å². The number of carbonyl (C=O) groups excluding carboxylic acids is 1. The third-order valence-corrected chi connectivity index (χ3v) is 1.27. The maximum atomic E-state index is 11.8. The van der Waals surface area contributed by atoms with Crippen molar-refractivity contribution in [1.82, 2.24) is 9.78 Å². The zero-order chi connectivity index (χ0) is 8.27. The van der Waals surface area contributed by atoms with E-state index in [0.29, 0.717) is 0 Å². The smallest absolute Gasteiger partial charge is 0.266 e. The van der Waals surface area contributed by atoms with E-state index in [0.717, 1.165) is 0 Å². The van der Waals surface area contributed by atoms with Gasteiger partial charge in [-0.05, 0) is 6.07 Å². The van der Waals surface area contributed by atoms with Gasteiger partial charge in [0.25, 0.3) is 5.91 Å². The lowest BCUT2D eigenvalue weighted by Crippen LogP contribution is -2.18. The molecule has 0 saturated carbocycles. The van der Waals surface area contributed by atoms with Crippen LogP contribution < -0.4 is 5.73 Å². The molecule has 2 N–H and O–H groups in total. The van der Waals surface area contributed by atoms with Crippen molar-refractivity contribution >= 4 is 5.91 Å². The number of carbonyl (C=O) groups is 1. The fourth-order valence-electron chi connectivity index (χ4n) is 0.800. The Morgan fingerprint density at radius 3 is 3.09 bits per heavy atom. The predicted octanol–water partition coefficient (Wildman–Crippen LogP) is -0.0485. The van der Waals surface area contributed by atoms with Crippen LogP contribution in [0.4, 0.5) is 4.39 Å². The summed E-state index contributed by atoms with van der Waals surface area (Å²) in [5.41, 5.74) is 5.21. The number of halogens is 1. The highest BCUT2D eigenvalue weighted by atomic mass is 19.1. The molecule has 0 aliphatic heterocycles. The predicted molar refractivity (Wildman–Crippen MR) is 36.7 cm³/mol. The lowest BCUT2D eigenvalue weighted by molar-refractivity contribution is 0.0989. The summed E-state index contributed by atoms with van der Waals surface area (Å²) < 4.78 is 13.0. The molecule has 0 radical (unpaired) electrons. The van der Waals surface area contributed by atoms with E-state index in [1.807, 2.05) is 0 Å². The molecule has 5 heteroatoms. The van der Waals surface area contributed by atoms with Crippen molar-refractivity contribution < 1.29 is 9.18 Å². The number of rotatable bonds is 3. The topological polar surface area (TPSA) is 60.9 Å². The van der Waals surface area contributed by atoms with Crippen LogP contribution in [0.2, 0.25) is 0 Å². The molecule has 1 heterocycles. The molecule has 11 heavy (non-hydrogen) atoms. The Hall–Kier alpha value is -1.39. The number of nitrogens with zero attached hydrogens (tertiary/aromatic N) is 2. The average molecular weight is 157 g/mol. The Labute approximate surface area is 62.8 Å². The first-order chi connectivity index (χ1) is 5.25. The van der Waals surface area contributed by atoms with Crippen molar-refractivity contribution in [2.24, 2.45) is 5.73 Å². The largest absolute Gasteiger partial charge is 0.364 e. The van der Waals surface area contributed by atoms with Crippen LogP contribution in [-0.2, 0) is 6.54 Å². The maximum Gasteiger partial charge on any atom is 0.266 e. The highest BCUT2D eigenvalue weighted by Crippen LogP contribution is 1.96. The first kappa shape index (κ1) is 7.71. The molecular formula is C6H8FN3O. The standard InChI is InChI=1S/C6H8FN3O/c7-2-4-10-5(6(8)11)1-3-9-10/h1,3H,2,4H2,(H2,8,11). The number of hydrogen-bond donors (Lipinski definition) is 1. The minimum absolute atomic E-state index is 0.0747. The monoisotopic (exact) mass is 157 g/mol. The SMILES string of the molecule is NC(=O)c1ccnn1CCF. The summed E-state index contributed by atoms with van der Waals surface area (Å²) in [6, 6.07) is 1.46. The quantitative estimate of drug-likeness (QED) is 0.668. The number of aromatic nitrogens is 2. The molecular weight excluding hydrogens is 149 g/mol. The molecule has 4 nitrogen and oxygen atoms in total. The van der Waals surface area contributed by atoms with Gasteiger partial charge in [0.2, 0.25) is 0 Å². The number of nitrogens with two attached hydrogens (primary N) is 1. The summed E-state index contributed by atoms with van der Waals surface area (Å²) in [6.07, 6.45) is 1.41. The van der Waals surface area contributed by atoms with E-state index >= 15 is 0 Å². The maximum absolute atomic E-state index is 11.8. The molecule has 1 amide bonds. The Morgan fingerprint density at radius 2 is 2.55 bits per heavy atom. The van der Waals surface area contributed by atoms with Crippen LogP contribution in [0.5, 0.6) is 0 Å². The van der Waals surface area contributed by atoms with Gasteiger partial charge in [-0.3, -0.25) is 9.48 Å². The minimum Gasteiger partial charge on any atom is -0.364 e. The van der Waals surface area contributed by atoms with Crippen molar-refractivity contribution in [2.45, 2.75) is 6.54 Å². The van der Waals surface area contributed by atoms with E-state index in [1.54, 1.807) is 0 Å². The summed E-state index contributed by atoms with van der Waals surface area (Å²) in [4.78, 5) is 10.6. The van der Waals surface area contributed by atoms with Crippen molar-refractivity contribution in [3.05, 3.63) is 18.0 Å². The van der Waals surface area contributed by atoms with Crippen molar-refractivity contribution in [2.75, 3.05) is 6.67 Å². The van der Waals surface area contributed by atoms with Gasteiger partial charge in [-0.2, -0.15) is 5.10 Å². The van der Waals surface area contributed by atoms with Crippen molar-refractivity contribution in [1.29, 1.82) is 0 Å². The van der Waals surface area contributed by atoms with Crippen LogP contribution in [0.15, 0.2) is 12.3 Å². The molecule has 0 atom stereocenters. The molecule has 0 saturated heterocycles. The van der Waals surface area contributed by atoms with Gasteiger partial charge >= 0.3 is 0 Å². The third kappa shape index (κ3) is 1.54. The second kappa shape index (κ2) is 3.14. The summed E-state index contributed by atoms with van der Waals surface area (Å²) in [5.74, 6) is -0.587. The van der Waals surface area contributed by atoms with Crippen LogP contribution in [0, 0.1) is 0 Å². The van der Waals surface area contributed by atoms with E-state index in [1.165, 1.54) is 16.9 Å². The van der Waals surface area contributed by atoms with Gasteiger partial charge in [0.15, 0.2) is 0 Å². The first-order valence-corrected chi connectivity index (χ1v) is 3.13. The lowest BCUT2D eigenvalue weighted by atomic mass is 10.4. The third-order valence-electron chi connectivity index (χ3n) is 1.27. The van der Waals surface area contributed by atoms with Crippen molar-refractivity contribution in [3.8, 4) is 0 Å². The molecule has 0 aliphatic rings. The van der Waals surface area contributed by atoms with Gasteiger partial charge < -0.3 is 5.73 Å². The summed E-state index contributed by atoms with van der Waals surface area (Å²) >= 11 is 0. The van der Waals surface area contributed by atoms with Crippen LogP contribution >= 0.6 is 0 Å². The van der Waals surface area contributed by atoms with Gasteiger partial charge in [-0.1, -0.05) is 0 Å². The van der Waals surface area contributed by atoms with E-state index in [-0.39, 0.29) is 12.2 Å². The number of hydrogen-bond acceptors (Lipinski definition) is 2. The summed E-state index contributed by atoms with van der Waals surface area (Å²) in [7, 11) is 0. The molecule has 0 aromatic carbocycles. The lowest BCUT2D eigenvalue weighted by Gasteiger charge is -1.99. The minimum atomic E-state index is -0.587. The van der Waals surface area contributed by atoms with Crippen LogP contribution in [-0.4, -0.2) is 22.4 Å². The number of aryl methyl sites for hydroxylation is 1. The van der Waals surface area contributed by atoms with Gasteiger partial charge in [0.1, 0.15) is 12.4 Å². The summed E-state index contributed by atoms with van der Waals surface area (Å²) in [6.45, 7) is -0.479. The Balaban J connectivity index is 2.87. The molecule has 60 valence electrons. The fraction of sp³-hybridized carbons (Fsp3) is 0.333. The van der Waals surface area contributed by atoms with Gasteiger partial charge in [0.05, 0.1) is 6.54 Å². The number of primary amides is 1. The highest BCUT2D eigenvalue weighted by Gasteiger charge is 2.06. The van der Waals surface area contributed by atoms with E-state index in [4.69, 9.17) is 5.73 Å². The van der Waals surface area contributed by atoms with Gasteiger partial charge in [0, 0.05) is 6.20 Å². The van der Waals surface area contributed by atoms with Crippen LogP contribution in [0.25, 0.3) is 0 Å². The van der Waals surface area contributed by atoms with E-state index in [9.17, 15) is 9.18 Å². The summed E-state index contributed by atoms with van der Waals surface area (Å²) in [5, 5.41) is 3.70. The van der Waals surface area contributed by atoms with Crippen LogP contribution in [0.1, 0.15) is 10.5 Å². The van der Waals surface area contributed by atoms with Gasteiger partial charge in [-0.25, -0.2) is 4.39 Å².